The lowest BCUT2D eigenvalue weighted by Crippen LogP contribution is -2.43. The Kier molecular flexibility index (Phi) is 3.01. The minimum atomic E-state index is 0.367. The quantitative estimate of drug-likeness (QED) is 0.576. The second-order valence-electron chi connectivity index (χ2n) is 2.81. The van der Waals surface area contributed by atoms with Gasteiger partial charge in [-0.2, -0.15) is 12.6 Å². The van der Waals surface area contributed by atoms with E-state index >= 15 is 0 Å². The summed E-state index contributed by atoms with van der Waals surface area (Å²) in [5, 5.41) is 0.367. The van der Waals surface area contributed by atoms with Crippen molar-refractivity contribution in [1.82, 2.24) is 4.90 Å². The molecule has 0 aromatic carbocycles. The van der Waals surface area contributed by atoms with E-state index < -0.39 is 0 Å². The minimum Gasteiger partial charge on any atom is -0.376 e. The molecule has 0 saturated carbocycles. The van der Waals surface area contributed by atoms with Gasteiger partial charge in [0.25, 0.3) is 0 Å². The van der Waals surface area contributed by atoms with Crippen LogP contribution in [-0.2, 0) is 4.74 Å². The fourth-order valence-electron chi connectivity index (χ4n) is 1.18. The molecule has 60 valence electrons. The van der Waals surface area contributed by atoms with E-state index in [0.717, 1.165) is 19.7 Å². The summed E-state index contributed by atoms with van der Waals surface area (Å²) in [5.74, 6) is 0. The molecule has 2 nitrogen and oxygen atoms in total. The highest BCUT2D eigenvalue weighted by Gasteiger charge is 2.18. The van der Waals surface area contributed by atoms with Crippen molar-refractivity contribution in [3.05, 3.63) is 0 Å². The molecule has 1 aliphatic rings. The molecule has 0 radical (unpaired) electrons. The molecule has 0 aliphatic carbocycles. The number of rotatable bonds is 1. The smallest absolute Gasteiger partial charge is 0.0674 e. The van der Waals surface area contributed by atoms with Gasteiger partial charge in [0.1, 0.15) is 0 Å². The van der Waals surface area contributed by atoms with Crippen molar-refractivity contribution < 1.29 is 4.74 Å². The van der Waals surface area contributed by atoms with Crippen molar-refractivity contribution in [2.75, 3.05) is 19.7 Å². The van der Waals surface area contributed by atoms with Crippen LogP contribution in [0.5, 0.6) is 0 Å². The third-order valence-electron chi connectivity index (χ3n) is 1.80. The van der Waals surface area contributed by atoms with Crippen LogP contribution in [0.25, 0.3) is 0 Å². The summed E-state index contributed by atoms with van der Waals surface area (Å²) in [6.45, 7) is 7.09. The third-order valence-corrected chi connectivity index (χ3v) is 2.13. The number of morpholine rings is 1. The van der Waals surface area contributed by atoms with E-state index in [0.29, 0.717) is 11.5 Å². The lowest BCUT2D eigenvalue weighted by molar-refractivity contribution is -0.0201. The molecule has 0 N–H and O–H groups in total. The number of nitrogens with zero attached hydrogens (tertiary/aromatic N) is 1. The van der Waals surface area contributed by atoms with Crippen LogP contribution >= 0.6 is 12.6 Å². The predicted octanol–water partition coefficient (Wildman–Crippen LogP) is 0.983. The Hall–Kier alpha value is 0.270. The Morgan fingerprint density at radius 2 is 2.40 bits per heavy atom. The van der Waals surface area contributed by atoms with E-state index in [9.17, 15) is 0 Å². The lowest BCUT2D eigenvalue weighted by atomic mass is 10.3. The van der Waals surface area contributed by atoms with Crippen LogP contribution in [0.4, 0.5) is 0 Å². The Labute approximate surface area is 68.0 Å². The molecular weight excluding hydrogens is 146 g/mol. The Morgan fingerprint density at radius 3 is 2.80 bits per heavy atom. The number of hydrogen-bond acceptors (Lipinski definition) is 3. The zero-order valence-corrected chi connectivity index (χ0v) is 7.47. The van der Waals surface area contributed by atoms with Crippen molar-refractivity contribution in [2.45, 2.75) is 25.3 Å². The first-order valence-electron chi connectivity index (χ1n) is 3.74. The van der Waals surface area contributed by atoms with Crippen molar-refractivity contribution in [2.24, 2.45) is 0 Å². The van der Waals surface area contributed by atoms with Crippen molar-refractivity contribution in [3.8, 4) is 0 Å². The van der Waals surface area contributed by atoms with Gasteiger partial charge in [0.2, 0.25) is 0 Å². The highest BCUT2D eigenvalue weighted by Crippen LogP contribution is 2.09. The van der Waals surface area contributed by atoms with E-state index in [4.69, 9.17) is 4.74 Å². The average Bonchev–Trinajstić information content (AvgIpc) is 1.88. The second-order valence-corrected chi connectivity index (χ2v) is 3.56. The lowest BCUT2D eigenvalue weighted by Gasteiger charge is -2.33. The minimum absolute atomic E-state index is 0.367. The molecule has 1 saturated heterocycles. The first-order valence-corrected chi connectivity index (χ1v) is 4.25. The molecule has 2 unspecified atom stereocenters. The van der Waals surface area contributed by atoms with Gasteiger partial charge in [0.15, 0.2) is 0 Å². The van der Waals surface area contributed by atoms with Gasteiger partial charge in [-0.3, -0.25) is 4.90 Å². The van der Waals surface area contributed by atoms with Gasteiger partial charge in [0, 0.05) is 13.1 Å². The monoisotopic (exact) mass is 161 g/mol. The van der Waals surface area contributed by atoms with Crippen molar-refractivity contribution >= 4 is 12.6 Å². The standard InChI is InChI=1S/C7H15NOS/c1-6-5-8(7(2)10)3-4-9-6/h6-7,10H,3-5H2,1-2H3. The first-order chi connectivity index (χ1) is 4.70. The normalized spacial score (nSPS) is 32.1. The van der Waals surface area contributed by atoms with E-state index in [1.54, 1.807) is 0 Å². The summed E-state index contributed by atoms with van der Waals surface area (Å²) in [6.07, 6.45) is 0.378. The van der Waals surface area contributed by atoms with Gasteiger partial charge in [0.05, 0.1) is 18.1 Å². The highest BCUT2D eigenvalue weighted by atomic mass is 32.1. The maximum atomic E-state index is 5.38. The summed E-state index contributed by atoms with van der Waals surface area (Å²) in [6, 6.07) is 0. The fourth-order valence-corrected chi connectivity index (χ4v) is 1.39. The van der Waals surface area contributed by atoms with E-state index in [1.165, 1.54) is 0 Å². The molecule has 0 amide bonds. The molecule has 10 heavy (non-hydrogen) atoms. The predicted molar refractivity (Wildman–Crippen MR) is 45.4 cm³/mol. The van der Waals surface area contributed by atoms with Crippen LogP contribution in [0.3, 0.4) is 0 Å². The molecule has 1 heterocycles. The molecule has 0 spiro atoms. The Balaban J connectivity index is 2.32. The second kappa shape index (κ2) is 3.60. The topological polar surface area (TPSA) is 12.5 Å². The molecule has 0 aromatic rings. The number of ether oxygens (including phenoxy) is 1. The zero-order chi connectivity index (χ0) is 7.56. The first kappa shape index (κ1) is 8.37. The molecule has 0 aromatic heterocycles. The molecule has 2 atom stereocenters. The highest BCUT2D eigenvalue weighted by molar-refractivity contribution is 7.80. The summed E-state index contributed by atoms with van der Waals surface area (Å²) in [5.41, 5.74) is 0. The number of hydrogen-bond donors (Lipinski definition) is 1. The van der Waals surface area contributed by atoms with E-state index in [-0.39, 0.29) is 0 Å². The van der Waals surface area contributed by atoms with Gasteiger partial charge in [-0.15, -0.1) is 0 Å². The molecule has 0 bridgehead atoms. The van der Waals surface area contributed by atoms with Gasteiger partial charge < -0.3 is 4.74 Å². The summed E-state index contributed by atoms with van der Waals surface area (Å²) in [4.78, 5) is 2.32. The SMILES string of the molecule is CC1CN(C(C)S)CCO1. The van der Waals surface area contributed by atoms with E-state index in [2.05, 4.69) is 31.4 Å². The molecule has 1 aliphatic heterocycles. The van der Waals surface area contributed by atoms with Gasteiger partial charge >= 0.3 is 0 Å². The third kappa shape index (κ3) is 2.15. The van der Waals surface area contributed by atoms with Gasteiger partial charge in [-0.1, -0.05) is 0 Å². The van der Waals surface area contributed by atoms with Crippen LogP contribution in [0.2, 0.25) is 0 Å². The van der Waals surface area contributed by atoms with Gasteiger partial charge in [-0.05, 0) is 13.8 Å². The maximum Gasteiger partial charge on any atom is 0.0674 e. The maximum absolute atomic E-state index is 5.38. The van der Waals surface area contributed by atoms with Crippen LogP contribution in [0.15, 0.2) is 0 Å². The fraction of sp³-hybridized carbons (Fsp3) is 1.00. The molecule has 1 fully saturated rings. The molecular formula is C7H15NOS. The number of thiol groups is 1. The van der Waals surface area contributed by atoms with Crippen molar-refractivity contribution in [1.29, 1.82) is 0 Å². The van der Waals surface area contributed by atoms with Gasteiger partial charge in [-0.25, -0.2) is 0 Å². The van der Waals surface area contributed by atoms with Crippen LogP contribution in [-0.4, -0.2) is 36.1 Å². The largest absolute Gasteiger partial charge is 0.376 e. The molecule has 1 rings (SSSR count). The zero-order valence-electron chi connectivity index (χ0n) is 6.58. The van der Waals surface area contributed by atoms with Crippen LogP contribution in [0, 0.1) is 0 Å². The van der Waals surface area contributed by atoms with E-state index in [1.807, 2.05) is 0 Å². The summed E-state index contributed by atoms with van der Waals surface area (Å²) in [7, 11) is 0. The van der Waals surface area contributed by atoms with Crippen LogP contribution < -0.4 is 0 Å². The Bertz CT molecular complexity index is 108. The molecule has 3 heteroatoms. The summed E-state index contributed by atoms with van der Waals surface area (Å²) >= 11 is 4.35. The van der Waals surface area contributed by atoms with Crippen molar-refractivity contribution in [3.63, 3.8) is 0 Å². The summed E-state index contributed by atoms with van der Waals surface area (Å²) < 4.78 is 5.38. The average molecular weight is 161 g/mol. The Morgan fingerprint density at radius 1 is 1.70 bits per heavy atom. The van der Waals surface area contributed by atoms with Crippen LogP contribution in [0.1, 0.15) is 13.8 Å².